The third-order valence-corrected chi connectivity index (χ3v) is 2.08. The fourth-order valence-electron chi connectivity index (χ4n) is 1.51. The zero-order chi connectivity index (χ0) is 8.77. The molecule has 2 heterocycles. The van der Waals surface area contributed by atoms with Crippen LogP contribution < -0.4 is 0 Å². The Balaban J connectivity index is 2.51. The van der Waals surface area contributed by atoms with Crippen molar-refractivity contribution in [1.82, 2.24) is 14.8 Å². The van der Waals surface area contributed by atoms with Gasteiger partial charge >= 0.3 is 0 Å². The third kappa shape index (κ3) is 1.03. The Hall–Kier alpha value is -0.900. The quantitative estimate of drug-likeness (QED) is 0.575. The van der Waals surface area contributed by atoms with Gasteiger partial charge < -0.3 is 4.74 Å². The van der Waals surface area contributed by atoms with E-state index in [-0.39, 0.29) is 5.60 Å². The molecule has 0 radical (unpaired) electrons. The highest BCUT2D eigenvalue weighted by atomic mass is 16.5. The van der Waals surface area contributed by atoms with Gasteiger partial charge in [-0.1, -0.05) is 0 Å². The third-order valence-electron chi connectivity index (χ3n) is 2.08. The Bertz CT molecular complexity index is 303. The number of hydrogen-bond acceptors (Lipinski definition) is 3. The highest BCUT2D eigenvalue weighted by Crippen LogP contribution is 2.26. The van der Waals surface area contributed by atoms with Crippen LogP contribution in [-0.2, 0) is 16.9 Å². The SMILES string of the molecule is Cc1nc2n(n1)CCOC2(C)C. The first-order chi connectivity index (χ1) is 5.59. The summed E-state index contributed by atoms with van der Waals surface area (Å²) in [6.07, 6.45) is 0. The van der Waals surface area contributed by atoms with Crippen LogP contribution in [-0.4, -0.2) is 21.4 Å². The van der Waals surface area contributed by atoms with Crippen molar-refractivity contribution in [3.05, 3.63) is 11.6 Å². The van der Waals surface area contributed by atoms with E-state index in [0.29, 0.717) is 0 Å². The molecule has 0 amide bonds. The van der Waals surface area contributed by atoms with E-state index in [1.165, 1.54) is 0 Å². The Morgan fingerprint density at radius 2 is 2.25 bits per heavy atom. The molecule has 4 nitrogen and oxygen atoms in total. The maximum absolute atomic E-state index is 5.58. The van der Waals surface area contributed by atoms with Crippen molar-refractivity contribution in [2.45, 2.75) is 32.9 Å². The van der Waals surface area contributed by atoms with E-state index in [1.54, 1.807) is 0 Å². The summed E-state index contributed by atoms with van der Waals surface area (Å²) in [5, 5.41) is 4.27. The summed E-state index contributed by atoms with van der Waals surface area (Å²) in [6, 6.07) is 0. The normalized spacial score (nSPS) is 20.6. The molecule has 1 aromatic heterocycles. The Morgan fingerprint density at radius 1 is 1.50 bits per heavy atom. The van der Waals surface area contributed by atoms with E-state index < -0.39 is 0 Å². The molecule has 1 aliphatic heterocycles. The van der Waals surface area contributed by atoms with Crippen molar-refractivity contribution >= 4 is 0 Å². The van der Waals surface area contributed by atoms with Crippen LogP contribution in [0.1, 0.15) is 25.5 Å². The summed E-state index contributed by atoms with van der Waals surface area (Å²) in [6.45, 7) is 7.49. The first kappa shape index (κ1) is 7.73. The van der Waals surface area contributed by atoms with Crippen molar-refractivity contribution in [1.29, 1.82) is 0 Å². The van der Waals surface area contributed by atoms with Crippen LogP contribution in [0.5, 0.6) is 0 Å². The Labute approximate surface area is 71.6 Å². The zero-order valence-electron chi connectivity index (χ0n) is 7.66. The lowest BCUT2D eigenvalue weighted by atomic mass is 10.1. The van der Waals surface area contributed by atoms with Crippen LogP contribution in [0.4, 0.5) is 0 Å². The minimum atomic E-state index is -0.278. The second-order valence-electron chi connectivity index (χ2n) is 3.56. The molecule has 0 fully saturated rings. The minimum Gasteiger partial charge on any atom is -0.366 e. The number of ether oxygens (including phenoxy) is 1. The minimum absolute atomic E-state index is 0.278. The van der Waals surface area contributed by atoms with E-state index in [0.717, 1.165) is 24.8 Å². The first-order valence-electron chi connectivity index (χ1n) is 4.15. The molecule has 1 aliphatic rings. The van der Waals surface area contributed by atoms with Crippen molar-refractivity contribution < 1.29 is 4.74 Å². The molecule has 0 spiro atoms. The van der Waals surface area contributed by atoms with Gasteiger partial charge in [-0.05, 0) is 20.8 Å². The van der Waals surface area contributed by atoms with Crippen molar-refractivity contribution in [3.63, 3.8) is 0 Å². The van der Waals surface area contributed by atoms with E-state index in [1.807, 2.05) is 25.5 Å². The molecule has 4 heteroatoms. The lowest BCUT2D eigenvalue weighted by Gasteiger charge is -2.29. The zero-order valence-corrected chi connectivity index (χ0v) is 7.66. The molecule has 0 N–H and O–H groups in total. The monoisotopic (exact) mass is 167 g/mol. The molecule has 0 saturated carbocycles. The molecule has 12 heavy (non-hydrogen) atoms. The molecule has 0 bridgehead atoms. The fourth-order valence-corrected chi connectivity index (χ4v) is 1.51. The van der Waals surface area contributed by atoms with Crippen LogP contribution in [0.2, 0.25) is 0 Å². The molecule has 0 aliphatic carbocycles. The number of aromatic nitrogens is 3. The van der Waals surface area contributed by atoms with Crippen LogP contribution >= 0.6 is 0 Å². The van der Waals surface area contributed by atoms with Gasteiger partial charge in [0.1, 0.15) is 11.4 Å². The molecular weight excluding hydrogens is 154 g/mol. The number of rotatable bonds is 0. The van der Waals surface area contributed by atoms with Crippen molar-refractivity contribution in [2.24, 2.45) is 0 Å². The highest BCUT2D eigenvalue weighted by molar-refractivity contribution is 5.03. The predicted octanol–water partition coefficient (Wildman–Crippen LogP) is 0.852. The summed E-state index contributed by atoms with van der Waals surface area (Å²) < 4.78 is 7.51. The number of nitrogens with zero attached hydrogens (tertiary/aromatic N) is 3. The molecule has 0 unspecified atom stereocenters. The lowest BCUT2D eigenvalue weighted by molar-refractivity contribution is -0.0566. The standard InChI is InChI=1S/C8H13N3O/c1-6-9-7-8(2,3)12-5-4-11(7)10-6/h4-5H2,1-3H3. The summed E-state index contributed by atoms with van der Waals surface area (Å²) in [7, 11) is 0. The molecule has 0 aromatic carbocycles. The van der Waals surface area contributed by atoms with Gasteiger partial charge in [0.05, 0.1) is 13.2 Å². The predicted molar refractivity (Wildman–Crippen MR) is 43.7 cm³/mol. The highest BCUT2D eigenvalue weighted by Gasteiger charge is 2.31. The molecule has 2 rings (SSSR count). The van der Waals surface area contributed by atoms with Gasteiger partial charge in [-0.3, -0.25) is 0 Å². The van der Waals surface area contributed by atoms with Gasteiger partial charge in [-0.25, -0.2) is 9.67 Å². The summed E-state index contributed by atoms with van der Waals surface area (Å²) in [5.41, 5.74) is -0.278. The largest absolute Gasteiger partial charge is 0.366 e. The molecule has 66 valence electrons. The van der Waals surface area contributed by atoms with Crippen LogP contribution in [0.3, 0.4) is 0 Å². The lowest BCUT2D eigenvalue weighted by Crippen LogP contribution is -2.33. The Morgan fingerprint density at radius 3 is 2.92 bits per heavy atom. The first-order valence-corrected chi connectivity index (χ1v) is 4.15. The molecular formula is C8H13N3O. The summed E-state index contributed by atoms with van der Waals surface area (Å²) >= 11 is 0. The van der Waals surface area contributed by atoms with Crippen LogP contribution in [0.25, 0.3) is 0 Å². The fraction of sp³-hybridized carbons (Fsp3) is 0.750. The van der Waals surface area contributed by atoms with Gasteiger partial charge in [-0.15, -0.1) is 0 Å². The molecule has 1 aromatic rings. The van der Waals surface area contributed by atoms with Crippen LogP contribution in [0, 0.1) is 6.92 Å². The average molecular weight is 167 g/mol. The van der Waals surface area contributed by atoms with Gasteiger partial charge in [0.25, 0.3) is 0 Å². The number of hydrogen-bond donors (Lipinski definition) is 0. The number of aryl methyl sites for hydroxylation is 1. The second-order valence-corrected chi connectivity index (χ2v) is 3.56. The van der Waals surface area contributed by atoms with Gasteiger partial charge in [0.2, 0.25) is 0 Å². The van der Waals surface area contributed by atoms with E-state index in [2.05, 4.69) is 10.1 Å². The maximum atomic E-state index is 5.58. The Kier molecular flexibility index (Phi) is 1.48. The maximum Gasteiger partial charge on any atom is 0.158 e. The van der Waals surface area contributed by atoms with Crippen LogP contribution in [0.15, 0.2) is 0 Å². The molecule has 0 atom stereocenters. The average Bonchev–Trinajstić information content (AvgIpc) is 2.30. The van der Waals surface area contributed by atoms with Crippen molar-refractivity contribution in [2.75, 3.05) is 6.61 Å². The van der Waals surface area contributed by atoms with E-state index >= 15 is 0 Å². The van der Waals surface area contributed by atoms with Gasteiger partial charge in [0, 0.05) is 0 Å². The van der Waals surface area contributed by atoms with Crippen molar-refractivity contribution in [3.8, 4) is 0 Å². The smallest absolute Gasteiger partial charge is 0.158 e. The molecule has 0 saturated heterocycles. The number of fused-ring (bicyclic) bond motifs is 1. The topological polar surface area (TPSA) is 39.9 Å². The van der Waals surface area contributed by atoms with E-state index in [9.17, 15) is 0 Å². The summed E-state index contributed by atoms with van der Waals surface area (Å²) in [4.78, 5) is 4.33. The van der Waals surface area contributed by atoms with Gasteiger partial charge in [0.15, 0.2) is 5.82 Å². The second kappa shape index (κ2) is 2.29. The van der Waals surface area contributed by atoms with E-state index in [4.69, 9.17) is 4.74 Å². The van der Waals surface area contributed by atoms with Gasteiger partial charge in [-0.2, -0.15) is 5.10 Å². The summed E-state index contributed by atoms with van der Waals surface area (Å²) in [5.74, 6) is 1.76.